The summed E-state index contributed by atoms with van der Waals surface area (Å²) < 4.78 is 0. The Hall–Kier alpha value is -0.860. The van der Waals surface area contributed by atoms with Crippen molar-refractivity contribution in [3.8, 4) is 0 Å². The van der Waals surface area contributed by atoms with E-state index in [0.717, 1.165) is 6.54 Å². The van der Waals surface area contributed by atoms with Crippen LogP contribution in [-0.4, -0.2) is 18.5 Å². The van der Waals surface area contributed by atoms with Gasteiger partial charge in [0.05, 0.1) is 0 Å². The molecule has 0 bridgehead atoms. The van der Waals surface area contributed by atoms with Crippen molar-refractivity contribution in [1.82, 2.24) is 4.90 Å². The maximum atomic E-state index is 5.60. The van der Waals surface area contributed by atoms with Gasteiger partial charge in [-0.2, -0.15) is 0 Å². The van der Waals surface area contributed by atoms with Gasteiger partial charge in [-0.1, -0.05) is 56.9 Å². The van der Waals surface area contributed by atoms with Gasteiger partial charge in [0.25, 0.3) is 0 Å². The molecule has 0 fully saturated rings. The largest absolute Gasteiger partial charge is 0.326 e. The first-order chi connectivity index (χ1) is 8.76. The van der Waals surface area contributed by atoms with Gasteiger partial charge < -0.3 is 10.6 Å². The highest BCUT2D eigenvalue weighted by molar-refractivity contribution is 5.22. The Bertz CT molecular complexity index is 305. The number of unbranched alkanes of at least 4 members (excludes halogenated alkanes) is 4. The molecule has 0 spiro atoms. The van der Waals surface area contributed by atoms with Crippen molar-refractivity contribution in [2.45, 2.75) is 52.1 Å². The Morgan fingerprint density at radius 3 is 2.17 bits per heavy atom. The summed E-state index contributed by atoms with van der Waals surface area (Å²) in [6.45, 7) is 5.13. The van der Waals surface area contributed by atoms with Crippen LogP contribution >= 0.6 is 0 Å². The number of benzene rings is 1. The number of hydrogen-bond acceptors (Lipinski definition) is 2. The van der Waals surface area contributed by atoms with Crippen LogP contribution < -0.4 is 5.73 Å². The molecule has 0 aliphatic carbocycles. The first-order valence-electron chi connectivity index (χ1n) is 7.22. The smallest absolute Gasteiger partial charge is 0.0230 e. The number of nitrogens with two attached hydrogens (primary N) is 1. The summed E-state index contributed by atoms with van der Waals surface area (Å²) in [5, 5.41) is 0. The number of nitrogens with zero attached hydrogens (tertiary/aromatic N) is 1. The van der Waals surface area contributed by atoms with Gasteiger partial charge in [0.2, 0.25) is 0 Å². The highest BCUT2D eigenvalue weighted by Crippen LogP contribution is 2.08. The van der Waals surface area contributed by atoms with Gasteiger partial charge in [-0.3, -0.25) is 0 Å². The first-order valence-corrected chi connectivity index (χ1v) is 7.22. The minimum absolute atomic E-state index is 0.632. The van der Waals surface area contributed by atoms with Crippen LogP contribution in [0, 0.1) is 0 Å². The standard InChI is InChI=1S/C16H28N2/c1-3-4-5-6-7-12-18(2)14-16-10-8-15(13-17)9-11-16/h8-11H,3-7,12-14,17H2,1-2H3. The van der Waals surface area contributed by atoms with Gasteiger partial charge in [-0.05, 0) is 31.1 Å². The minimum atomic E-state index is 0.632. The van der Waals surface area contributed by atoms with E-state index in [9.17, 15) is 0 Å². The molecule has 2 N–H and O–H groups in total. The van der Waals surface area contributed by atoms with Gasteiger partial charge in [-0.25, -0.2) is 0 Å². The summed E-state index contributed by atoms with van der Waals surface area (Å²) in [5.41, 5.74) is 8.18. The molecule has 1 aromatic rings. The van der Waals surface area contributed by atoms with Gasteiger partial charge in [0, 0.05) is 13.1 Å². The molecule has 1 rings (SSSR count). The molecule has 1 aromatic carbocycles. The molecule has 0 saturated heterocycles. The molecule has 102 valence electrons. The molecule has 0 aromatic heterocycles. The van der Waals surface area contributed by atoms with Crippen LogP contribution in [0.3, 0.4) is 0 Å². The van der Waals surface area contributed by atoms with E-state index in [-0.39, 0.29) is 0 Å². The molecule has 2 heteroatoms. The lowest BCUT2D eigenvalue weighted by Gasteiger charge is -2.16. The molecule has 2 nitrogen and oxygen atoms in total. The van der Waals surface area contributed by atoms with E-state index in [1.807, 2.05) is 0 Å². The van der Waals surface area contributed by atoms with E-state index in [1.165, 1.54) is 49.8 Å². The quantitative estimate of drug-likeness (QED) is 0.677. The average Bonchev–Trinajstić information content (AvgIpc) is 2.39. The van der Waals surface area contributed by atoms with E-state index in [0.29, 0.717) is 6.54 Å². The van der Waals surface area contributed by atoms with Crippen LogP contribution in [0.15, 0.2) is 24.3 Å². The molecule has 18 heavy (non-hydrogen) atoms. The van der Waals surface area contributed by atoms with Crippen LogP contribution in [0.2, 0.25) is 0 Å². The van der Waals surface area contributed by atoms with Gasteiger partial charge in [0.15, 0.2) is 0 Å². The topological polar surface area (TPSA) is 29.3 Å². The third-order valence-electron chi connectivity index (χ3n) is 3.35. The van der Waals surface area contributed by atoms with Crippen molar-refractivity contribution >= 4 is 0 Å². The zero-order valence-electron chi connectivity index (χ0n) is 12.0. The summed E-state index contributed by atoms with van der Waals surface area (Å²) in [4.78, 5) is 2.41. The van der Waals surface area contributed by atoms with Crippen LogP contribution in [0.25, 0.3) is 0 Å². The second kappa shape index (κ2) is 9.12. The van der Waals surface area contributed by atoms with E-state index in [4.69, 9.17) is 5.73 Å². The Morgan fingerprint density at radius 1 is 0.944 bits per heavy atom. The highest BCUT2D eigenvalue weighted by atomic mass is 15.1. The molecule has 0 unspecified atom stereocenters. The summed E-state index contributed by atoms with van der Waals surface area (Å²) >= 11 is 0. The molecular weight excluding hydrogens is 220 g/mol. The summed E-state index contributed by atoms with van der Waals surface area (Å²) in [7, 11) is 2.21. The second-order valence-electron chi connectivity index (χ2n) is 5.17. The normalized spacial score (nSPS) is 11.1. The molecule has 0 aliphatic rings. The Labute approximate surface area is 112 Å². The van der Waals surface area contributed by atoms with Crippen molar-refractivity contribution in [2.75, 3.05) is 13.6 Å². The van der Waals surface area contributed by atoms with Crippen molar-refractivity contribution in [3.63, 3.8) is 0 Å². The highest BCUT2D eigenvalue weighted by Gasteiger charge is 2.00. The zero-order chi connectivity index (χ0) is 13.2. The van der Waals surface area contributed by atoms with Crippen molar-refractivity contribution < 1.29 is 0 Å². The summed E-state index contributed by atoms with van der Waals surface area (Å²) in [6.07, 6.45) is 6.77. The predicted octanol–water partition coefficient (Wildman–Crippen LogP) is 3.55. The van der Waals surface area contributed by atoms with E-state index in [1.54, 1.807) is 0 Å². The number of hydrogen-bond donors (Lipinski definition) is 1. The SMILES string of the molecule is CCCCCCCN(C)Cc1ccc(CN)cc1. The van der Waals surface area contributed by atoms with Crippen molar-refractivity contribution in [3.05, 3.63) is 35.4 Å². The summed E-state index contributed by atoms with van der Waals surface area (Å²) in [5.74, 6) is 0. The van der Waals surface area contributed by atoms with Crippen molar-refractivity contribution in [1.29, 1.82) is 0 Å². The maximum absolute atomic E-state index is 5.60. The third-order valence-corrected chi connectivity index (χ3v) is 3.35. The minimum Gasteiger partial charge on any atom is -0.326 e. The predicted molar refractivity (Wildman–Crippen MR) is 79.4 cm³/mol. The fraction of sp³-hybridized carbons (Fsp3) is 0.625. The molecule has 0 radical (unpaired) electrons. The number of rotatable bonds is 9. The fourth-order valence-corrected chi connectivity index (χ4v) is 2.16. The average molecular weight is 248 g/mol. The van der Waals surface area contributed by atoms with Gasteiger partial charge >= 0.3 is 0 Å². The Kier molecular flexibility index (Phi) is 7.70. The molecule has 0 atom stereocenters. The van der Waals surface area contributed by atoms with Crippen LogP contribution in [0.1, 0.15) is 50.2 Å². The maximum Gasteiger partial charge on any atom is 0.0230 e. The lowest BCUT2D eigenvalue weighted by atomic mass is 10.1. The van der Waals surface area contributed by atoms with E-state index in [2.05, 4.69) is 43.1 Å². The van der Waals surface area contributed by atoms with Crippen molar-refractivity contribution in [2.24, 2.45) is 5.73 Å². The molecular formula is C16H28N2. The second-order valence-corrected chi connectivity index (χ2v) is 5.17. The van der Waals surface area contributed by atoms with Crippen LogP contribution in [-0.2, 0) is 13.1 Å². The molecule has 0 amide bonds. The third kappa shape index (κ3) is 6.18. The molecule has 0 aliphatic heterocycles. The van der Waals surface area contributed by atoms with E-state index < -0.39 is 0 Å². The van der Waals surface area contributed by atoms with Crippen LogP contribution in [0.5, 0.6) is 0 Å². The fourth-order valence-electron chi connectivity index (χ4n) is 2.16. The lowest BCUT2D eigenvalue weighted by Crippen LogP contribution is -2.19. The zero-order valence-corrected chi connectivity index (χ0v) is 12.0. The molecule has 0 heterocycles. The molecule has 0 saturated carbocycles. The monoisotopic (exact) mass is 248 g/mol. The van der Waals surface area contributed by atoms with Gasteiger partial charge in [0.1, 0.15) is 0 Å². The first kappa shape index (κ1) is 15.2. The van der Waals surface area contributed by atoms with E-state index >= 15 is 0 Å². The summed E-state index contributed by atoms with van der Waals surface area (Å²) in [6, 6.07) is 8.64. The van der Waals surface area contributed by atoms with Crippen LogP contribution in [0.4, 0.5) is 0 Å². The lowest BCUT2D eigenvalue weighted by molar-refractivity contribution is 0.316. The Balaban J connectivity index is 2.20. The van der Waals surface area contributed by atoms with Gasteiger partial charge in [-0.15, -0.1) is 0 Å². The Morgan fingerprint density at radius 2 is 1.56 bits per heavy atom.